The minimum atomic E-state index is 0.0456. The maximum absolute atomic E-state index is 6.34. The van der Waals surface area contributed by atoms with E-state index in [0.29, 0.717) is 16.0 Å². The SMILES string of the molecule is CNC(c1ccc(CC(C)C)cc1)c1cccc(Cl)c1Cl. The Morgan fingerprint density at radius 2 is 1.67 bits per heavy atom. The molecule has 1 unspecified atom stereocenters. The molecule has 0 aliphatic heterocycles. The molecule has 112 valence electrons. The molecule has 2 rings (SSSR count). The lowest BCUT2D eigenvalue weighted by molar-refractivity contribution is 0.645. The molecule has 0 heterocycles. The second kappa shape index (κ2) is 7.31. The molecule has 0 bridgehead atoms. The van der Waals surface area contributed by atoms with Gasteiger partial charge in [0.2, 0.25) is 0 Å². The molecule has 3 heteroatoms. The van der Waals surface area contributed by atoms with Crippen molar-refractivity contribution in [1.29, 1.82) is 0 Å². The van der Waals surface area contributed by atoms with Crippen LogP contribution in [0.1, 0.15) is 36.6 Å². The first-order valence-electron chi connectivity index (χ1n) is 7.23. The number of halogens is 2. The number of hydrogen-bond acceptors (Lipinski definition) is 1. The van der Waals surface area contributed by atoms with Crippen molar-refractivity contribution in [2.75, 3.05) is 7.05 Å². The van der Waals surface area contributed by atoms with E-state index in [1.54, 1.807) is 0 Å². The van der Waals surface area contributed by atoms with Crippen LogP contribution in [-0.2, 0) is 6.42 Å². The fourth-order valence-electron chi connectivity index (χ4n) is 2.56. The van der Waals surface area contributed by atoms with Crippen LogP contribution in [0, 0.1) is 5.92 Å². The van der Waals surface area contributed by atoms with E-state index < -0.39 is 0 Å². The van der Waals surface area contributed by atoms with E-state index in [1.165, 1.54) is 11.1 Å². The highest BCUT2D eigenvalue weighted by Gasteiger charge is 2.16. The Balaban J connectivity index is 2.31. The first-order chi connectivity index (χ1) is 10.0. The quantitative estimate of drug-likeness (QED) is 0.766. The number of nitrogens with one attached hydrogen (secondary N) is 1. The summed E-state index contributed by atoms with van der Waals surface area (Å²) >= 11 is 12.5. The summed E-state index contributed by atoms with van der Waals surface area (Å²) < 4.78 is 0. The van der Waals surface area contributed by atoms with Crippen LogP contribution < -0.4 is 5.32 Å². The molecule has 1 N–H and O–H groups in total. The molecule has 0 aliphatic carbocycles. The van der Waals surface area contributed by atoms with E-state index in [4.69, 9.17) is 23.2 Å². The van der Waals surface area contributed by atoms with Gasteiger partial charge in [-0.1, -0.05) is 73.4 Å². The molecule has 0 radical (unpaired) electrons. The minimum Gasteiger partial charge on any atom is -0.309 e. The maximum atomic E-state index is 6.34. The van der Waals surface area contributed by atoms with E-state index in [-0.39, 0.29) is 6.04 Å². The fourth-order valence-corrected chi connectivity index (χ4v) is 2.98. The van der Waals surface area contributed by atoms with Crippen LogP contribution in [0.5, 0.6) is 0 Å². The lowest BCUT2D eigenvalue weighted by Gasteiger charge is -2.19. The lowest BCUT2D eigenvalue weighted by atomic mass is 9.96. The van der Waals surface area contributed by atoms with Crippen molar-refractivity contribution in [3.8, 4) is 0 Å². The van der Waals surface area contributed by atoms with Gasteiger partial charge >= 0.3 is 0 Å². The zero-order chi connectivity index (χ0) is 15.4. The summed E-state index contributed by atoms with van der Waals surface area (Å²) in [5, 5.41) is 4.52. The zero-order valence-electron chi connectivity index (χ0n) is 12.7. The molecule has 2 aromatic carbocycles. The molecule has 1 atom stereocenters. The molecule has 0 amide bonds. The monoisotopic (exact) mass is 321 g/mol. The van der Waals surface area contributed by atoms with Gasteiger partial charge in [-0.25, -0.2) is 0 Å². The molecule has 2 aromatic rings. The van der Waals surface area contributed by atoms with E-state index in [2.05, 4.69) is 43.4 Å². The van der Waals surface area contributed by atoms with Crippen LogP contribution in [-0.4, -0.2) is 7.05 Å². The third-order valence-electron chi connectivity index (χ3n) is 3.54. The summed E-state index contributed by atoms with van der Waals surface area (Å²) in [7, 11) is 1.93. The summed E-state index contributed by atoms with van der Waals surface area (Å²) in [6.07, 6.45) is 1.10. The number of hydrogen-bond donors (Lipinski definition) is 1. The predicted molar refractivity (Wildman–Crippen MR) is 92.3 cm³/mol. The van der Waals surface area contributed by atoms with Gasteiger partial charge in [0, 0.05) is 0 Å². The van der Waals surface area contributed by atoms with Gasteiger partial charge in [0.15, 0.2) is 0 Å². The van der Waals surface area contributed by atoms with E-state index >= 15 is 0 Å². The highest BCUT2D eigenvalue weighted by atomic mass is 35.5. The fraction of sp³-hybridized carbons (Fsp3) is 0.333. The Hall–Kier alpha value is -1.02. The minimum absolute atomic E-state index is 0.0456. The maximum Gasteiger partial charge on any atom is 0.0643 e. The third kappa shape index (κ3) is 4.00. The molecular formula is C18H21Cl2N. The second-order valence-electron chi connectivity index (χ2n) is 5.70. The second-order valence-corrected chi connectivity index (χ2v) is 6.49. The van der Waals surface area contributed by atoms with E-state index in [9.17, 15) is 0 Å². The van der Waals surface area contributed by atoms with Gasteiger partial charge in [-0.15, -0.1) is 0 Å². The van der Waals surface area contributed by atoms with Gasteiger partial charge in [0.05, 0.1) is 16.1 Å². The summed E-state index contributed by atoms with van der Waals surface area (Å²) in [5.74, 6) is 0.665. The van der Waals surface area contributed by atoms with Gasteiger partial charge < -0.3 is 5.32 Å². The van der Waals surface area contributed by atoms with Gasteiger partial charge in [0.25, 0.3) is 0 Å². The Kier molecular flexibility index (Phi) is 5.69. The zero-order valence-corrected chi connectivity index (χ0v) is 14.2. The molecule has 0 aromatic heterocycles. The molecule has 0 aliphatic rings. The summed E-state index contributed by atoms with van der Waals surface area (Å²) in [6.45, 7) is 4.46. The average Bonchev–Trinajstić information content (AvgIpc) is 2.45. The summed E-state index contributed by atoms with van der Waals surface area (Å²) in [4.78, 5) is 0. The number of rotatable bonds is 5. The van der Waals surface area contributed by atoms with E-state index in [1.807, 2.05) is 25.2 Å². The third-order valence-corrected chi connectivity index (χ3v) is 4.37. The van der Waals surface area contributed by atoms with Gasteiger partial charge in [-0.05, 0) is 42.1 Å². The van der Waals surface area contributed by atoms with Crippen LogP contribution >= 0.6 is 23.2 Å². The smallest absolute Gasteiger partial charge is 0.0643 e. The molecule has 0 fully saturated rings. The Morgan fingerprint density at radius 1 is 1.00 bits per heavy atom. The van der Waals surface area contributed by atoms with Crippen LogP contribution in [0.2, 0.25) is 10.0 Å². The van der Waals surface area contributed by atoms with Gasteiger partial charge in [-0.3, -0.25) is 0 Å². The van der Waals surface area contributed by atoms with Crippen molar-refractivity contribution in [3.05, 3.63) is 69.2 Å². The number of benzene rings is 2. The van der Waals surface area contributed by atoms with Crippen molar-refractivity contribution in [2.45, 2.75) is 26.3 Å². The Bertz CT molecular complexity index is 591. The van der Waals surface area contributed by atoms with Crippen molar-refractivity contribution in [1.82, 2.24) is 5.32 Å². The van der Waals surface area contributed by atoms with Crippen molar-refractivity contribution in [3.63, 3.8) is 0 Å². The Morgan fingerprint density at radius 3 is 2.24 bits per heavy atom. The average molecular weight is 322 g/mol. The summed E-state index contributed by atoms with van der Waals surface area (Å²) in [6, 6.07) is 14.5. The van der Waals surface area contributed by atoms with Crippen LogP contribution in [0.4, 0.5) is 0 Å². The van der Waals surface area contributed by atoms with Crippen LogP contribution in [0.15, 0.2) is 42.5 Å². The molecular weight excluding hydrogens is 301 g/mol. The van der Waals surface area contributed by atoms with Crippen molar-refractivity contribution in [2.24, 2.45) is 5.92 Å². The molecule has 0 spiro atoms. The standard InChI is InChI=1S/C18H21Cl2N/c1-12(2)11-13-7-9-14(10-8-13)18(21-3)15-5-4-6-16(19)17(15)20/h4-10,12,18,21H,11H2,1-3H3. The molecule has 21 heavy (non-hydrogen) atoms. The predicted octanol–water partition coefficient (Wildman–Crippen LogP) is 5.50. The molecule has 0 saturated heterocycles. The van der Waals surface area contributed by atoms with Crippen molar-refractivity contribution >= 4 is 23.2 Å². The lowest BCUT2D eigenvalue weighted by Crippen LogP contribution is -2.18. The summed E-state index contributed by atoms with van der Waals surface area (Å²) in [5.41, 5.74) is 3.55. The van der Waals surface area contributed by atoms with Crippen LogP contribution in [0.3, 0.4) is 0 Å². The highest BCUT2D eigenvalue weighted by molar-refractivity contribution is 6.42. The van der Waals surface area contributed by atoms with Gasteiger partial charge in [-0.2, -0.15) is 0 Å². The largest absolute Gasteiger partial charge is 0.309 e. The molecule has 0 saturated carbocycles. The van der Waals surface area contributed by atoms with Crippen molar-refractivity contribution < 1.29 is 0 Å². The normalized spacial score (nSPS) is 12.7. The van der Waals surface area contributed by atoms with Gasteiger partial charge in [0.1, 0.15) is 0 Å². The molecule has 1 nitrogen and oxygen atoms in total. The van der Waals surface area contributed by atoms with E-state index in [0.717, 1.165) is 12.0 Å². The highest BCUT2D eigenvalue weighted by Crippen LogP contribution is 2.33. The Labute approximate surface area is 137 Å². The van der Waals surface area contributed by atoms with Crippen LogP contribution in [0.25, 0.3) is 0 Å². The topological polar surface area (TPSA) is 12.0 Å². The first kappa shape index (κ1) is 16.4. The first-order valence-corrected chi connectivity index (χ1v) is 7.98.